The van der Waals surface area contributed by atoms with Crippen molar-refractivity contribution in [2.75, 3.05) is 5.88 Å². The van der Waals surface area contributed by atoms with Gasteiger partial charge in [0.1, 0.15) is 0 Å². The van der Waals surface area contributed by atoms with Gasteiger partial charge in [-0.3, -0.25) is 0 Å². The van der Waals surface area contributed by atoms with Crippen LogP contribution < -0.4 is 0 Å². The average Bonchev–Trinajstić information content (AvgIpc) is 2.65. The van der Waals surface area contributed by atoms with Gasteiger partial charge >= 0.3 is 0 Å². The first-order valence-corrected chi connectivity index (χ1v) is 5.81. The maximum Gasteiger partial charge on any atom is 0.0827 e. The van der Waals surface area contributed by atoms with Gasteiger partial charge in [-0.2, -0.15) is 0 Å². The van der Waals surface area contributed by atoms with Crippen molar-refractivity contribution in [2.24, 2.45) is 0 Å². The number of alkyl halides is 1. The van der Waals surface area contributed by atoms with Gasteiger partial charge in [0.15, 0.2) is 0 Å². The number of hydrogen-bond acceptors (Lipinski definition) is 2. The summed E-state index contributed by atoms with van der Waals surface area (Å²) in [6.07, 6.45) is 6.17. The molecular formula is C10H18ClN3. The molecule has 1 heterocycles. The van der Waals surface area contributed by atoms with Crippen LogP contribution in [0.2, 0.25) is 0 Å². The molecule has 1 aromatic rings. The van der Waals surface area contributed by atoms with Gasteiger partial charge in [0.2, 0.25) is 0 Å². The Hall–Kier alpha value is -0.570. The van der Waals surface area contributed by atoms with Gasteiger partial charge in [0, 0.05) is 12.1 Å². The minimum atomic E-state index is 0.493. The van der Waals surface area contributed by atoms with E-state index in [4.69, 9.17) is 11.6 Å². The number of halogens is 1. The molecule has 0 spiro atoms. The fourth-order valence-electron chi connectivity index (χ4n) is 1.52. The lowest BCUT2D eigenvalue weighted by atomic mass is 10.2. The topological polar surface area (TPSA) is 30.7 Å². The van der Waals surface area contributed by atoms with Crippen LogP contribution in [0.25, 0.3) is 0 Å². The minimum absolute atomic E-state index is 0.493. The van der Waals surface area contributed by atoms with Gasteiger partial charge in [-0.15, -0.1) is 16.7 Å². The highest BCUT2D eigenvalue weighted by Crippen LogP contribution is 2.14. The Morgan fingerprint density at radius 1 is 1.43 bits per heavy atom. The van der Waals surface area contributed by atoms with E-state index in [0.29, 0.717) is 11.9 Å². The van der Waals surface area contributed by atoms with Crippen LogP contribution in [0.4, 0.5) is 0 Å². The summed E-state index contributed by atoms with van der Waals surface area (Å²) in [5.41, 5.74) is 1.05. The van der Waals surface area contributed by atoms with Crippen molar-refractivity contribution in [3.8, 4) is 0 Å². The van der Waals surface area contributed by atoms with E-state index >= 15 is 0 Å². The van der Waals surface area contributed by atoms with Crippen molar-refractivity contribution in [1.29, 1.82) is 0 Å². The van der Waals surface area contributed by atoms with Crippen molar-refractivity contribution in [3.05, 3.63) is 11.9 Å². The Morgan fingerprint density at radius 2 is 2.14 bits per heavy atom. The van der Waals surface area contributed by atoms with Crippen LogP contribution in [0.3, 0.4) is 0 Å². The van der Waals surface area contributed by atoms with E-state index in [1.54, 1.807) is 0 Å². The van der Waals surface area contributed by atoms with Crippen LogP contribution >= 0.6 is 11.6 Å². The van der Waals surface area contributed by atoms with Crippen molar-refractivity contribution in [1.82, 2.24) is 15.0 Å². The molecule has 0 unspecified atom stereocenters. The molecule has 0 saturated carbocycles. The largest absolute Gasteiger partial charge is 0.249 e. The van der Waals surface area contributed by atoms with E-state index in [-0.39, 0.29) is 0 Å². The number of aryl methyl sites for hydroxylation is 1. The molecule has 0 bridgehead atoms. The third-order valence-electron chi connectivity index (χ3n) is 2.44. The number of nitrogens with zero attached hydrogens (tertiary/aromatic N) is 3. The molecule has 0 saturated heterocycles. The van der Waals surface area contributed by atoms with E-state index in [2.05, 4.69) is 24.2 Å². The van der Waals surface area contributed by atoms with Crippen molar-refractivity contribution in [2.45, 2.75) is 45.6 Å². The van der Waals surface area contributed by atoms with Crippen LogP contribution in [0.5, 0.6) is 0 Å². The Morgan fingerprint density at radius 3 is 2.71 bits per heavy atom. The lowest BCUT2D eigenvalue weighted by molar-refractivity contribution is 0.418. The molecule has 1 rings (SSSR count). The molecule has 80 valence electrons. The summed E-state index contributed by atoms with van der Waals surface area (Å²) >= 11 is 5.62. The van der Waals surface area contributed by atoms with Crippen molar-refractivity contribution in [3.63, 3.8) is 0 Å². The third-order valence-corrected chi connectivity index (χ3v) is 2.71. The van der Waals surface area contributed by atoms with Crippen molar-refractivity contribution < 1.29 is 0 Å². The van der Waals surface area contributed by atoms with E-state index in [9.17, 15) is 0 Å². The maximum absolute atomic E-state index is 5.62. The quantitative estimate of drug-likeness (QED) is 0.684. The Bertz CT molecular complexity index is 256. The first-order chi connectivity index (χ1) is 6.81. The minimum Gasteiger partial charge on any atom is -0.249 e. The fourth-order valence-corrected chi connectivity index (χ4v) is 1.65. The predicted molar refractivity (Wildman–Crippen MR) is 58.7 cm³/mol. The Kier molecular flexibility index (Phi) is 4.94. The highest BCUT2D eigenvalue weighted by molar-refractivity contribution is 6.17. The first-order valence-electron chi connectivity index (χ1n) is 5.28. The monoisotopic (exact) mass is 215 g/mol. The molecule has 0 fully saturated rings. The summed E-state index contributed by atoms with van der Waals surface area (Å²) in [5, 5.41) is 8.26. The molecule has 0 radical (unpaired) electrons. The van der Waals surface area contributed by atoms with Crippen LogP contribution in [0, 0.1) is 0 Å². The van der Waals surface area contributed by atoms with E-state index in [1.807, 2.05) is 10.9 Å². The molecule has 1 aromatic heterocycles. The summed E-state index contributed by atoms with van der Waals surface area (Å²) in [7, 11) is 0. The van der Waals surface area contributed by atoms with Crippen LogP contribution in [0.15, 0.2) is 6.20 Å². The molecule has 3 nitrogen and oxygen atoms in total. The molecule has 0 N–H and O–H groups in total. The smallest absolute Gasteiger partial charge is 0.0827 e. The van der Waals surface area contributed by atoms with Gasteiger partial charge in [-0.25, -0.2) is 4.68 Å². The van der Waals surface area contributed by atoms with Gasteiger partial charge in [-0.1, -0.05) is 19.1 Å². The lowest BCUT2D eigenvalue weighted by Crippen LogP contribution is -2.07. The van der Waals surface area contributed by atoms with E-state index in [1.165, 1.54) is 0 Å². The van der Waals surface area contributed by atoms with Gasteiger partial charge in [0.05, 0.1) is 11.7 Å². The number of aromatic nitrogens is 3. The SMILES string of the molecule is CCC(CC)n1cc(CCCCl)nn1. The van der Waals surface area contributed by atoms with Crippen LogP contribution in [-0.4, -0.2) is 20.9 Å². The summed E-state index contributed by atoms with van der Waals surface area (Å²) in [6, 6.07) is 0.493. The normalized spacial score (nSPS) is 11.1. The molecular weight excluding hydrogens is 198 g/mol. The zero-order valence-corrected chi connectivity index (χ0v) is 9.67. The second-order valence-electron chi connectivity index (χ2n) is 3.45. The van der Waals surface area contributed by atoms with E-state index in [0.717, 1.165) is 31.4 Å². The Balaban J connectivity index is 2.57. The van der Waals surface area contributed by atoms with Gasteiger partial charge < -0.3 is 0 Å². The van der Waals surface area contributed by atoms with E-state index < -0.39 is 0 Å². The molecule has 4 heteroatoms. The average molecular weight is 216 g/mol. The number of hydrogen-bond donors (Lipinski definition) is 0. The summed E-state index contributed by atoms with van der Waals surface area (Å²) in [5.74, 6) is 0.692. The predicted octanol–water partition coefficient (Wildman–Crippen LogP) is 2.81. The second-order valence-corrected chi connectivity index (χ2v) is 3.83. The molecule has 0 aromatic carbocycles. The summed E-state index contributed by atoms with van der Waals surface area (Å²) in [4.78, 5) is 0. The van der Waals surface area contributed by atoms with Crippen LogP contribution in [0.1, 0.15) is 44.8 Å². The van der Waals surface area contributed by atoms with Crippen molar-refractivity contribution >= 4 is 11.6 Å². The molecule has 14 heavy (non-hydrogen) atoms. The first kappa shape index (κ1) is 11.5. The molecule has 0 atom stereocenters. The summed E-state index contributed by atoms with van der Waals surface area (Å²) in [6.45, 7) is 4.35. The zero-order valence-electron chi connectivity index (χ0n) is 8.91. The van der Waals surface area contributed by atoms with Crippen LogP contribution in [-0.2, 0) is 6.42 Å². The standard InChI is InChI=1S/C10H18ClN3/c1-3-10(4-2)14-8-9(12-13-14)6-5-7-11/h8,10H,3-7H2,1-2H3. The lowest BCUT2D eigenvalue weighted by Gasteiger charge is -2.10. The highest BCUT2D eigenvalue weighted by Gasteiger charge is 2.08. The molecule has 0 aliphatic carbocycles. The zero-order chi connectivity index (χ0) is 10.4. The third kappa shape index (κ3) is 2.98. The summed E-state index contributed by atoms with van der Waals surface area (Å²) < 4.78 is 1.98. The highest BCUT2D eigenvalue weighted by atomic mass is 35.5. The fraction of sp³-hybridized carbons (Fsp3) is 0.800. The van der Waals surface area contributed by atoms with Gasteiger partial charge in [-0.05, 0) is 25.7 Å². The maximum atomic E-state index is 5.62. The molecule has 0 amide bonds. The molecule has 0 aliphatic rings. The molecule has 0 aliphatic heterocycles. The van der Waals surface area contributed by atoms with Gasteiger partial charge in [0.25, 0.3) is 0 Å². The Labute approximate surface area is 90.4 Å². The second kappa shape index (κ2) is 6.02. The number of rotatable bonds is 6.